The number of rotatable bonds is 10. The van der Waals surface area contributed by atoms with Crippen molar-refractivity contribution in [2.45, 2.75) is 63.0 Å². The standard InChI is InChI=1S/C28H36FN3O4/c29-21-7-9-24(20-11-15-35-18-20)25(16-21)26(28(33)34)32-13-10-23(17-32)36-14-2-1-5-22-8-6-19-4-3-12-30-27(19)31-22/h6-9,16,20,23,26H,1-5,10-15,17-18H2,(H,30,31)(H,33,34)/t20-,23+,26-/m0/s1. The lowest BCUT2D eigenvalue weighted by atomic mass is 9.89. The Morgan fingerprint density at radius 3 is 3.03 bits per heavy atom. The smallest absolute Gasteiger partial charge is 0.325 e. The van der Waals surface area contributed by atoms with Crippen LogP contribution in [0.4, 0.5) is 10.2 Å². The number of pyridine rings is 1. The lowest BCUT2D eigenvalue weighted by molar-refractivity contribution is -0.143. The van der Waals surface area contributed by atoms with Gasteiger partial charge in [0.15, 0.2) is 0 Å². The van der Waals surface area contributed by atoms with Gasteiger partial charge in [0.1, 0.15) is 17.7 Å². The largest absolute Gasteiger partial charge is 0.480 e. The number of hydrogen-bond acceptors (Lipinski definition) is 6. The molecule has 2 fully saturated rings. The number of hydrogen-bond donors (Lipinski definition) is 2. The molecule has 36 heavy (non-hydrogen) atoms. The number of unbranched alkanes of at least 4 members (excludes halogenated alkanes) is 1. The van der Waals surface area contributed by atoms with Crippen LogP contribution in [0.25, 0.3) is 0 Å². The van der Waals surface area contributed by atoms with Crippen LogP contribution in [0.5, 0.6) is 0 Å². The molecule has 4 heterocycles. The Morgan fingerprint density at radius 1 is 1.28 bits per heavy atom. The Labute approximate surface area is 212 Å². The van der Waals surface area contributed by atoms with E-state index < -0.39 is 17.8 Å². The quantitative estimate of drug-likeness (QED) is 0.473. The van der Waals surface area contributed by atoms with Crippen LogP contribution in [0.3, 0.4) is 0 Å². The van der Waals surface area contributed by atoms with E-state index in [1.165, 1.54) is 17.7 Å². The molecule has 1 aromatic heterocycles. The summed E-state index contributed by atoms with van der Waals surface area (Å²) in [5, 5.41) is 13.5. The third kappa shape index (κ3) is 5.88. The minimum Gasteiger partial charge on any atom is -0.480 e. The molecule has 5 rings (SSSR count). The number of carboxylic acid groups (broad SMARTS) is 1. The Balaban J connectivity index is 1.12. The molecule has 0 aliphatic carbocycles. The van der Waals surface area contributed by atoms with E-state index in [4.69, 9.17) is 14.5 Å². The van der Waals surface area contributed by atoms with E-state index in [0.717, 1.165) is 68.6 Å². The summed E-state index contributed by atoms with van der Waals surface area (Å²) in [4.78, 5) is 19.0. The minimum atomic E-state index is -0.951. The number of likely N-dealkylation sites (tertiary alicyclic amines) is 1. The third-order valence-corrected chi connectivity index (χ3v) is 7.62. The van der Waals surface area contributed by atoms with Gasteiger partial charge < -0.3 is 19.9 Å². The number of ether oxygens (including phenoxy) is 2. The fourth-order valence-electron chi connectivity index (χ4n) is 5.71. The summed E-state index contributed by atoms with van der Waals surface area (Å²) in [6.07, 6.45) is 6.70. The molecule has 3 atom stereocenters. The van der Waals surface area contributed by atoms with Crippen molar-refractivity contribution in [1.82, 2.24) is 9.88 Å². The van der Waals surface area contributed by atoms with Crippen molar-refractivity contribution in [3.63, 3.8) is 0 Å². The van der Waals surface area contributed by atoms with E-state index in [2.05, 4.69) is 17.4 Å². The van der Waals surface area contributed by atoms with Crippen molar-refractivity contribution >= 4 is 11.8 Å². The number of aromatic nitrogens is 1. The molecule has 8 heteroatoms. The van der Waals surface area contributed by atoms with Crippen LogP contribution in [0.1, 0.15) is 66.4 Å². The molecule has 0 spiro atoms. The summed E-state index contributed by atoms with van der Waals surface area (Å²) in [5.41, 5.74) is 3.85. The molecule has 2 N–H and O–H groups in total. The molecule has 0 amide bonds. The van der Waals surface area contributed by atoms with Crippen molar-refractivity contribution in [1.29, 1.82) is 0 Å². The maximum atomic E-state index is 14.2. The van der Waals surface area contributed by atoms with Crippen LogP contribution in [0.15, 0.2) is 30.3 Å². The Bertz CT molecular complexity index is 1060. The van der Waals surface area contributed by atoms with E-state index in [9.17, 15) is 14.3 Å². The molecule has 0 unspecified atom stereocenters. The fraction of sp³-hybridized carbons (Fsp3) is 0.571. The molecule has 3 aliphatic rings. The second-order valence-corrected chi connectivity index (χ2v) is 10.1. The highest BCUT2D eigenvalue weighted by Gasteiger charge is 2.36. The first kappa shape index (κ1) is 25.1. The maximum absolute atomic E-state index is 14.2. The number of benzene rings is 1. The number of anilines is 1. The Kier molecular flexibility index (Phi) is 8.14. The Hall–Kier alpha value is -2.55. The number of halogens is 1. The number of carboxylic acids is 1. The highest BCUT2D eigenvalue weighted by Crippen LogP contribution is 2.36. The number of nitrogens with one attached hydrogen (secondary N) is 1. The monoisotopic (exact) mass is 497 g/mol. The van der Waals surface area contributed by atoms with Gasteiger partial charge in [-0.15, -0.1) is 0 Å². The van der Waals surface area contributed by atoms with Gasteiger partial charge in [-0.25, -0.2) is 9.37 Å². The molecule has 7 nitrogen and oxygen atoms in total. The summed E-state index contributed by atoms with van der Waals surface area (Å²) in [6, 6.07) is 7.99. The van der Waals surface area contributed by atoms with Crippen LogP contribution in [-0.2, 0) is 27.1 Å². The van der Waals surface area contributed by atoms with Crippen molar-refractivity contribution in [3.8, 4) is 0 Å². The highest BCUT2D eigenvalue weighted by molar-refractivity contribution is 5.76. The SMILES string of the molecule is O=C(O)[C@H](c1cc(F)ccc1[C@H]1CCOC1)N1CC[C@@H](OCCCCc2ccc3c(n2)NCCC3)C1. The minimum absolute atomic E-state index is 0.00950. The summed E-state index contributed by atoms with van der Waals surface area (Å²) in [7, 11) is 0. The van der Waals surface area contributed by atoms with Gasteiger partial charge in [-0.2, -0.15) is 0 Å². The molecular formula is C28H36FN3O4. The first-order valence-electron chi connectivity index (χ1n) is 13.3. The van der Waals surface area contributed by atoms with Gasteiger partial charge in [0, 0.05) is 44.5 Å². The van der Waals surface area contributed by atoms with Crippen molar-refractivity contribution in [2.24, 2.45) is 0 Å². The second kappa shape index (κ2) is 11.7. The van der Waals surface area contributed by atoms with E-state index >= 15 is 0 Å². The first-order chi connectivity index (χ1) is 17.6. The summed E-state index contributed by atoms with van der Waals surface area (Å²) >= 11 is 0. The lowest BCUT2D eigenvalue weighted by Gasteiger charge is -2.27. The van der Waals surface area contributed by atoms with Crippen molar-refractivity contribution < 1.29 is 23.8 Å². The summed E-state index contributed by atoms with van der Waals surface area (Å²) in [6.45, 7) is 3.99. The number of aryl methyl sites for hydroxylation is 2. The molecule has 2 saturated heterocycles. The predicted octanol–water partition coefficient (Wildman–Crippen LogP) is 4.32. The second-order valence-electron chi connectivity index (χ2n) is 10.1. The highest BCUT2D eigenvalue weighted by atomic mass is 19.1. The molecule has 2 aromatic rings. The van der Waals surface area contributed by atoms with Crippen molar-refractivity contribution in [2.75, 3.05) is 44.8 Å². The van der Waals surface area contributed by atoms with Gasteiger partial charge in [0.25, 0.3) is 0 Å². The fourth-order valence-corrected chi connectivity index (χ4v) is 5.71. The normalized spacial score (nSPS) is 22.8. The first-order valence-corrected chi connectivity index (χ1v) is 13.3. The van der Waals surface area contributed by atoms with Crippen molar-refractivity contribution in [3.05, 3.63) is 58.5 Å². The van der Waals surface area contributed by atoms with Crippen LogP contribution >= 0.6 is 0 Å². The number of aliphatic carboxylic acids is 1. The summed E-state index contributed by atoms with van der Waals surface area (Å²) in [5.74, 6) is -0.211. The van der Waals surface area contributed by atoms with Crippen LogP contribution < -0.4 is 5.32 Å². The average Bonchev–Trinajstić information content (AvgIpc) is 3.57. The average molecular weight is 498 g/mol. The topological polar surface area (TPSA) is 83.9 Å². The molecule has 0 radical (unpaired) electrons. The van der Waals surface area contributed by atoms with Gasteiger partial charge in [-0.3, -0.25) is 9.69 Å². The number of carbonyl (C=O) groups is 1. The van der Waals surface area contributed by atoms with E-state index in [1.54, 1.807) is 6.07 Å². The van der Waals surface area contributed by atoms with Crippen LogP contribution in [-0.4, -0.2) is 66.5 Å². The maximum Gasteiger partial charge on any atom is 0.325 e. The van der Waals surface area contributed by atoms with E-state index in [-0.39, 0.29) is 12.0 Å². The van der Waals surface area contributed by atoms with Gasteiger partial charge >= 0.3 is 5.97 Å². The van der Waals surface area contributed by atoms with E-state index in [0.29, 0.717) is 38.5 Å². The van der Waals surface area contributed by atoms with Crippen LogP contribution in [0.2, 0.25) is 0 Å². The zero-order valence-electron chi connectivity index (χ0n) is 20.8. The number of nitrogens with zero attached hydrogens (tertiary/aromatic N) is 2. The molecule has 0 bridgehead atoms. The molecular weight excluding hydrogens is 461 g/mol. The lowest BCUT2D eigenvalue weighted by Crippen LogP contribution is -2.34. The zero-order chi connectivity index (χ0) is 24.9. The molecule has 194 valence electrons. The van der Waals surface area contributed by atoms with Gasteiger partial charge in [0.2, 0.25) is 0 Å². The summed E-state index contributed by atoms with van der Waals surface area (Å²) < 4.78 is 25.8. The zero-order valence-corrected chi connectivity index (χ0v) is 20.8. The molecule has 3 aliphatic heterocycles. The Morgan fingerprint density at radius 2 is 2.19 bits per heavy atom. The van der Waals surface area contributed by atoms with Crippen LogP contribution in [0, 0.1) is 5.82 Å². The molecule has 1 aromatic carbocycles. The predicted molar refractivity (Wildman–Crippen MR) is 135 cm³/mol. The molecule has 0 saturated carbocycles. The third-order valence-electron chi connectivity index (χ3n) is 7.62. The van der Waals surface area contributed by atoms with E-state index in [1.807, 2.05) is 4.90 Å². The number of fused-ring (bicyclic) bond motifs is 1. The van der Waals surface area contributed by atoms with Gasteiger partial charge in [0.05, 0.1) is 12.7 Å². The van der Waals surface area contributed by atoms with Gasteiger partial charge in [-0.1, -0.05) is 12.1 Å². The van der Waals surface area contributed by atoms with Gasteiger partial charge in [-0.05, 0) is 79.8 Å².